The molecule has 0 aliphatic carbocycles. The van der Waals surface area contributed by atoms with Crippen LogP contribution in [0.1, 0.15) is 17.7 Å². The molecule has 76 valence electrons. The molecule has 0 radical (unpaired) electrons. The maximum Gasteiger partial charge on any atom is 0.247 e. The molecule has 0 unspecified atom stereocenters. The maximum absolute atomic E-state index is 11.0. The molecule has 0 saturated heterocycles. The molecule has 1 aliphatic heterocycles. The molecule has 1 aliphatic rings. The first-order chi connectivity index (χ1) is 6.57. The Morgan fingerprint density at radius 3 is 2.71 bits per heavy atom. The van der Waals surface area contributed by atoms with Gasteiger partial charge in [0.1, 0.15) is 4.21 Å². The van der Waals surface area contributed by atoms with E-state index in [1.807, 2.05) is 0 Å². The monoisotopic (exact) mass is 230 g/mol. The highest BCUT2D eigenvalue weighted by Gasteiger charge is 2.15. The van der Waals surface area contributed by atoms with Crippen molar-refractivity contribution in [2.45, 2.75) is 17.1 Å². The number of nitrogens with two attached hydrogens (primary N) is 1. The second-order valence-corrected chi connectivity index (χ2v) is 5.97. The molecule has 0 atom stereocenters. The summed E-state index contributed by atoms with van der Waals surface area (Å²) in [6, 6.07) is 3.31. The molecule has 0 saturated carbocycles. The van der Waals surface area contributed by atoms with Gasteiger partial charge in [-0.3, -0.25) is 4.99 Å². The third-order valence-electron chi connectivity index (χ3n) is 2.02. The maximum atomic E-state index is 11.0. The average molecular weight is 230 g/mol. The SMILES string of the molecule is NS(=O)(=O)c1ccc(C2=NCCC2)s1. The van der Waals surface area contributed by atoms with Gasteiger partial charge in [-0.2, -0.15) is 0 Å². The Morgan fingerprint density at radius 1 is 1.43 bits per heavy atom. The van der Waals surface area contributed by atoms with E-state index < -0.39 is 10.0 Å². The highest BCUT2D eigenvalue weighted by molar-refractivity contribution is 7.91. The fourth-order valence-corrected chi connectivity index (χ4v) is 3.13. The predicted octanol–water partition coefficient (Wildman–Crippen LogP) is 0.978. The molecule has 0 fully saturated rings. The summed E-state index contributed by atoms with van der Waals surface area (Å²) in [5.74, 6) is 0. The molecule has 14 heavy (non-hydrogen) atoms. The Kier molecular flexibility index (Phi) is 2.42. The highest BCUT2D eigenvalue weighted by Crippen LogP contribution is 2.24. The second kappa shape index (κ2) is 3.45. The van der Waals surface area contributed by atoms with Crippen LogP contribution in [0.2, 0.25) is 0 Å². The van der Waals surface area contributed by atoms with Gasteiger partial charge >= 0.3 is 0 Å². The third-order valence-corrected chi connectivity index (χ3v) is 4.59. The number of thiophene rings is 1. The van der Waals surface area contributed by atoms with Crippen LogP contribution in [-0.4, -0.2) is 20.7 Å². The molecule has 2 rings (SSSR count). The van der Waals surface area contributed by atoms with Gasteiger partial charge in [0.2, 0.25) is 10.0 Å². The van der Waals surface area contributed by atoms with Crippen molar-refractivity contribution in [3.05, 3.63) is 17.0 Å². The van der Waals surface area contributed by atoms with Crippen molar-refractivity contribution in [2.75, 3.05) is 6.54 Å². The minimum atomic E-state index is -3.55. The molecule has 4 nitrogen and oxygen atoms in total. The van der Waals surface area contributed by atoms with Gasteiger partial charge in [0.15, 0.2) is 0 Å². The second-order valence-electron chi connectivity index (χ2n) is 3.10. The molecule has 0 bridgehead atoms. The van der Waals surface area contributed by atoms with Crippen LogP contribution in [0.3, 0.4) is 0 Å². The summed E-state index contributed by atoms with van der Waals surface area (Å²) >= 11 is 1.19. The molecular weight excluding hydrogens is 220 g/mol. The summed E-state index contributed by atoms with van der Waals surface area (Å²) in [4.78, 5) is 5.22. The molecule has 6 heteroatoms. The highest BCUT2D eigenvalue weighted by atomic mass is 32.2. The Labute approximate surface area is 86.5 Å². The quantitative estimate of drug-likeness (QED) is 0.822. The van der Waals surface area contributed by atoms with Crippen molar-refractivity contribution in [2.24, 2.45) is 10.1 Å². The van der Waals surface area contributed by atoms with Gasteiger partial charge in [0.25, 0.3) is 0 Å². The van der Waals surface area contributed by atoms with Crippen LogP contribution in [0.25, 0.3) is 0 Å². The van der Waals surface area contributed by atoms with E-state index in [4.69, 9.17) is 5.14 Å². The van der Waals surface area contributed by atoms with Gasteiger partial charge in [-0.05, 0) is 25.0 Å². The molecule has 2 N–H and O–H groups in total. The minimum Gasteiger partial charge on any atom is -0.288 e. The number of rotatable bonds is 2. The van der Waals surface area contributed by atoms with Gasteiger partial charge in [-0.1, -0.05) is 0 Å². The molecule has 2 heterocycles. The predicted molar refractivity (Wildman–Crippen MR) is 56.3 cm³/mol. The van der Waals surface area contributed by atoms with E-state index in [-0.39, 0.29) is 4.21 Å². The van der Waals surface area contributed by atoms with Crippen LogP contribution in [-0.2, 0) is 10.0 Å². The summed E-state index contributed by atoms with van der Waals surface area (Å²) < 4.78 is 22.2. The number of hydrogen-bond acceptors (Lipinski definition) is 4. The van der Waals surface area contributed by atoms with E-state index >= 15 is 0 Å². The molecule has 1 aromatic heterocycles. The van der Waals surface area contributed by atoms with Gasteiger partial charge in [0, 0.05) is 11.4 Å². The van der Waals surface area contributed by atoms with Crippen LogP contribution in [0, 0.1) is 0 Å². The smallest absolute Gasteiger partial charge is 0.247 e. The van der Waals surface area contributed by atoms with E-state index in [1.165, 1.54) is 17.4 Å². The van der Waals surface area contributed by atoms with Crippen LogP contribution in [0.4, 0.5) is 0 Å². The summed E-state index contributed by atoms with van der Waals surface area (Å²) in [6.45, 7) is 0.845. The van der Waals surface area contributed by atoms with E-state index in [1.54, 1.807) is 6.07 Å². The van der Waals surface area contributed by atoms with Crippen molar-refractivity contribution >= 4 is 27.1 Å². The normalized spacial score (nSPS) is 17.1. The topological polar surface area (TPSA) is 72.5 Å². The van der Waals surface area contributed by atoms with Gasteiger partial charge in [-0.25, -0.2) is 13.6 Å². The lowest BCUT2D eigenvalue weighted by molar-refractivity contribution is 0.600. The van der Waals surface area contributed by atoms with Crippen LogP contribution in [0.15, 0.2) is 21.3 Å². The van der Waals surface area contributed by atoms with Gasteiger partial charge in [0.05, 0.1) is 5.71 Å². The number of nitrogens with zero attached hydrogens (tertiary/aromatic N) is 1. The molecule has 1 aromatic rings. The Balaban J connectivity index is 2.35. The largest absolute Gasteiger partial charge is 0.288 e. The number of hydrogen-bond donors (Lipinski definition) is 1. The first-order valence-corrected chi connectivity index (χ1v) is 6.60. The molecule has 0 spiro atoms. The average Bonchev–Trinajstić information content (AvgIpc) is 2.73. The van der Waals surface area contributed by atoms with Gasteiger partial charge in [-0.15, -0.1) is 11.3 Å². The van der Waals surface area contributed by atoms with Gasteiger partial charge < -0.3 is 0 Å². The zero-order valence-corrected chi connectivity index (χ0v) is 9.07. The summed E-state index contributed by atoms with van der Waals surface area (Å²) in [5, 5.41) is 5.01. The van der Waals surface area contributed by atoms with Crippen LogP contribution >= 0.6 is 11.3 Å². The van der Waals surface area contributed by atoms with E-state index in [0.717, 1.165) is 30.0 Å². The van der Waals surface area contributed by atoms with Crippen molar-refractivity contribution in [3.8, 4) is 0 Å². The van der Waals surface area contributed by atoms with E-state index in [9.17, 15) is 8.42 Å². The van der Waals surface area contributed by atoms with Crippen LogP contribution < -0.4 is 5.14 Å². The number of aliphatic imine (C=N–C) groups is 1. The standard InChI is InChI=1S/C8H10N2O2S2/c9-14(11,12)8-4-3-7(13-8)6-2-1-5-10-6/h3-4H,1-2,5H2,(H2,9,11,12). The Hall–Kier alpha value is -0.720. The lowest BCUT2D eigenvalue weighted by Crippen LogP contribution is -2.09. The minimum absolute atomic E-state index is 0.210. The summed E-state index contributed by atoms with van der Waals surface area (Å²) in [5.41, 5.74) is 1.00. The molecular formula is C8H10N2O2S2. The summed E-state index contributed by atoms with van der Waals surface area (Å²) in [7, 11) is -3.55. The van der Waals surface area contributed by atoms with Crippen molar-refractivity contribution in [3.63, 3.8) is 0 Å². The molecule has 0 aromatic carbocycles. The van der Waals surface area contributed by atoms with Crippen molar-refractivity contribution in [1.29, 1.82) is 0 Å². The van der Waals surface area contributed by atoms with Crippen LogP contribution in [0.5, 0.6) is 0 Å². The van der Waals surface area contributed by atoms with E-state index in [2.05, 4.69) is 4.99 Å². The lowest BCUT2D eigenvalue weighted by atomic mass is 10.2. The van der Waals surface area contributed by atoms with Crippen molar-refractivity contribution in [1.82, 2.24) is 0 Å². The number of primary sulfonamides is 1. The Morgan fingerprint density at radius 2 is 2.21 bits per heavy atom. The number of sulfonamides is 1. The molecule has 0 amide bonds. The fraction of sp³-hybridized carbons (Fsp3) is 0.375. The first-order valence-electron chi connectivity index (χ1n) is 4.24. The first kappa shape index (κ1) is 9.82. The zero-order chi connectivity index (χ0) is 10.2. The zero-order valence-electron chi connectivity index (χ0n) is 7.43. The fourth-order valence-electron chi connectivity index (χ4n) is 1.37. The van der Waals surface area contributed by atoms with E-state index in [0.29, 0.717) is 0 Å². The lowest BCUT2D eigenvalue weighted by Gasteiger charge is -1.93. The van der Waals surface area contributed by atoms with Crippen molar-refractivity contribution < 1.29 is 8.42 Å². The summed E-state index contributed by atoms with van der Waals surface area (Å²) in [6.07, 6.45) is 1.99. The Bertz CT molecular complexity index is 473. The third kappa shape index (κ3) is 1.87.